The van der Waals surface area contributed by atoms with Crippen molar-refractivity contribution in [2.75, 3.05) is 0 Å². The molecule has 0 saturated carbocycles. The zero-order valence-electron chi connectivity index (χ0n) is 9.01. The minimum atomic E-state index is -2.61. The molecule has 2 N–H and O–H groups in total. The van der Waals surface area contributed by atoms with Crippen LogP contribution in [0.5, 0.6) is 0 Å². The van der Waals surface area contributed by atoms with Crippen LogP contribution in [0.15, 0.2) is 0 Å². The Morgan fingerprint density at radius 2 is 0.941 bits per heavy atom. The fraction of sp³-hybridized carbons (Fsp3) is 1.00. The number of hydrogen-bond acceptors (Lipinski definition) is 3. The van der Waals surface area contributed by atoms with E-state index in [-0.39, 0.29) is 46.9 Å². The Balaban J connectivity index is -0.0000000187. The Bertz CT molecular complexity index is 104. The van der Waals surface area contributed by atoms with Gasteiger partial charge in [0.15, 0.2) is 8.32 Å². The van der Waals surface area contributed by atoms with E-state index in [1.54, 1.807) is 0 Å². The minimum Gasteiger partial charge on any atom is -0.461 e. The minimum absolute atomic E-state index is 0. The van der Waals surface area contributed by atoms with Crippen LogP contribution in [-0.2, 0) is 4.12 Å². The molecule has 0 aromatic rings. The summed E-state index contributed by atoms with van der Waals surface area (Å²) in [5.74, 6) is 0. The van der Waals surface area contributed by atoms with Gasteiger partial charge in [-0.3, -0.25) is 0 Å². The second-order valence-electron chi connectivity index (χ2n) is 4.04. The topological polar surface area (TPSA) is 49.7 Å². The third-order valence-corrected chi connectivity index (χ3v) is 5.20. The first-order valence-corrected chi connectivity index (χ1v) is 12.4. The van der Waals surface area contributed by atoms with Crippen molar-refractivity contribution in [1.82, 2.24) is 0 Å². The van der Waals surface area contributed by atoms with Gasteiger partial charge in [-0.25, -0.2) is 0 Å². The first kappa shape index (κ1) is 43.2. The summed E-state index contributed by atoms with van der Waals surface area (Å²) in [4.78, 5) is 16.4. The quantitative estimate of drug-likeness (QED) is 0.762. The molecule has 0 amide bonds. The van der Waals surface area contributed by atoms with Crippen molar-refractivity contribution in [3.8, 4) is 0 Å². The second kappa shape index (κ2) is 18.9. The Kier molecular flexibility index (Phi) is 48.0. The maximum Gasteiger partial charge on any atom is 0.326 e. The van der Waals surface area contributed by atoms with Crippen LogP contribution >= 0.6 is 0 Å². The summed E-state index contributed by atoms with van der Waals surface area (Å²) in [5.41, 5.74) is 0. The average Bonchev–Trinajstić information content (AvgIpc) is 1.54. The molecule has 0 aliphatic rings. The van der Waals surface area contributed by atoms with Gasteiger partial charge >= 0.3 is 8.56 Å². The van der Waals surface area contributed by atoms with Crippen LogP contribution in [0.1, 0.15) is 37.1 Å². The maximum absolute atomic E-state index is 8.22. The molecule has 0 heterocycles. The molecular formula is C11H42O3Si3. The van der Waals surface area contributed by atoms with Gasteiger partial charge in [0.25, 0.3) is 0 Å². The zero-order chi connectivity index (χ0) is 10.4. The lowest BCUT2D eigenvalue weighted by Gasteiger charge is -2.14. The molecule has 3 nitrogen and oxygen atoms in total. The summed E-state index contributed by atoms with van der Waals surface area (Å²) in [7, 11) is -3.84. The predicted octanol–water partition coefficient (Wildman–Crippen LogP) is 3.82. The van der Waals surface area contributed by atoms with E-state index < -0.39 is 16.9 Å². The van der Waals surface area contributed by atoms with Crippen molar-refractivity contribution in [2.45, 2.75) is 76.4 Å². The lowest BCUT2D eigenvalue weighted by atomic mass is 11.8. The van der Waals surface area contributed by atoms with E-state index in [9.17, 15) is 0 Å². The van der Waals surface area contributed by atoms with Crippen molar-refractivity contribution < 1.29 is 13.7 Å². The van der Waals surface area contributed by atoms with Crippen molar-refractivity contribution in [2.24, 2.45) is 0 Å². The monoisotopic (exact) mass is 306 g/mol. The van der Waals surface area contributed by atoms with E-state index in [0.717, 1.165) is 0 Å². The molecule has 0 aliphatic heterocycles. The lowest BCUT2D eigenvalue weighted by molar-refractivity contribution is 0.382. The second-order valence-corrected chi connectivity index (χ2v) is 13.0. The van der Waals surface area contributed by atoms with Gasteiger partial charge in [0, 0.05) is 0 Å². The van der Waals surface area contributed by atoms with Gasteiger partial charge in [-0.05, 0) is 32.7 Å². The van der Waals surface area contributed by atoms with Crippen molar-refractivity contribution >= 4 is 26.6 Å². The van der Waals surface area contributed by atoms with Crippen LogP contribution in [0.4, 0.5) is 0 Å². The van der Waals surface area contributed by atoms with Crippen molar-refractivity contribution in [3.05, 3.63) is 0 Å². The number of hydrogen-bond donors (Lipinski definition) is 2. The van der Waals surface area contributed by atoms with Crippen LogP contribution in [0.3, 0.4) is 0 Å². The first-order valence-electron chi connectivity index (χ1n) is 4.15. The predicted molar refractivity (Wildman–Crippen MR) is 94.4 cm³/mol. The molecular weight excluding hydrogens is 264 g/mol. The molecule has 0 aliphatic carbocycles. The molecule has 6 heteroatoms. The highest BCUT2D eigenvalue weighted by Crippen LogP contribution is 1.99. The smallest absolute Gasteiger partial charge is 0.326 e. The van der Waals surface area contributed by atoms with Gasteiger partial charge in [-0.15, -0.1) is 0 Å². The van der Waals surface area contributed by atoms with Crippen LogP contribution in [-0.4, -0.2) is 36.2 Å². The van der Waals surface area contributed by atoms with Gasteiger partial charge in [0.1, 0.15) is 9.76 Å². The molecule has 116 valence electrons. The highest BCUT2D eigenvalue weighted by Gasteiger charge is 2.10. The van der Waals surface area contributed by atoms with Gasteiger partial charge in [-0.2, -0.15) is 0 Å². The Morgan fingerprint density at radius 1 is 0.765 bits per heavy atom. The Labute approximate surface area is 117 Å². The van der Waals surface area contributed by atoms with E-state index in [4.69, 9.17) is 13.7 Å². The van der Waals surface area contributed by atoms with Gasteiger partial charge in [0.05, 0.1) is 0 Å². The SMILES string of the molecule is C.C.C.C.C.C[SiH2]O[Si](C)(C)C.C[Si](C)(O)O. The highest BCUT2D eigenvalue weighted by molar-refractivity contribution is 6.73. The third-order valence-electron chi connectivity index (χ3n) is 0.577. The Morgan fingerprint density at radius 3 is 0.941 bits per heavy atom. The highest BCUT2D eigenvalue weighted by atomic mass is 28.4. The molecule has 0 aromatic carbocycles. The summed E-state index contributed by atoms with van der Waals surface area (Å²) >= 11 is 0. The summed E-state index contributed by atoms with van der Waals surface area (Å²) in [6.45, 7) is 11.7. The third kappa shape index (κ3) is 170. The van der Waals surface area contributed by atoms with Gasteiger partial charge in [-0.1, -0.05) is 43.7 Å². The molecule has 0 radical (unpaired) electrons. The van der Waals surface area contributed by atoms with E-state index in [1.807, 2.05) is 0 Å². The van der Waals surface area contributed by atoms with Crippen LogP contribution < -0.4 is 0 Å². The molecule has 0 rings (SSSR count). The standard InChI is InChI=1S/C4H14OSi2.C2H8O2Si.5CH4/c1-6-5-7(2,3)4;1-5(2,3)4;;;;;/h6H2,1-4H3;3-4H,1-2H3;5*1H4. The average molecular weight is 307 g/mol. The zero-order valence-corrected chi connectivity index (χ0v) is 12.4. The first-order chi connectivity index (χ1) is 5.06. The normalized spacial score (nSPS) is 9.18. The van der Waals surface area contributed by atoms with Crippen molar-refractivity contribution in [1.29, 1.82) is 0 Å². The van der Waals surface area contributed by atoms with Gasteiger partial charge < -0.3 is 13.7 Å². The van der Waals surface area contributed by atoms with Crippen LogP contribution in [0, 0.1) is 0 Å². The van der Waals surface area contributed by atoms with Crippen molar-refractivity contribution in [3.63, 3.8) is 0 Å². The molecule has 0 saturated heterocycles. The summed E-state index contributed by atoms with van der Waals surface area (Å²) < 4.78 is 5.51. The van der Waals surface area contributed by atoms with E-state index in [2.05, 4.69) is 26.2 Å². The number of rotatable bonds is 2. The molecule has 0 unspecified atom stereocenters. The largest absolute Gasteiger partial charge is 0.461 e. The Hall–Kier alpha value is 0.531. The van der Waals surface area contributed by atoms with Crippen LogP contribution in [0.2, 0.25) is 39.3 Å². The summed E-state index contributed by atoms with van der Waals surface area (Å²) in [6.07, 6.45) is 0. The molecule has 0 aromatic heterocycles. The van der Waals surface area contributed by atoms with E-state index >= 15 is 0 Å². The summed E-state index contributed by atoms with van der Waals surface area (Å²) in [6, 6.07) is 0. The molecule has 0 atom stereocenters. The molecule has 0 fully saturated rings. The van der Waals surface area contributed by atoms with Gasteiger partial charge in [0.2, 0.25) is 0 Å². The maximum atomic E-state index is 8.22. The lowest BCUT2D eigenvalue weighted by Crippen LogP contribution is -2.26. The van der Waals surface area contributed by atoms with Crippen LogP contribution in [0.25, 0.3) is 0 Å². The van der Waals surface area contributed by atoms with E-state index in [0.29, 0.717) is 0 Å². The summed E-state index contributed by atoms with van der Waals surface area (Å²) in [5, 5.41) is 0. The fourth-order valence-electron chi connectivity index (χ4n) is 0.433. The van der Waals surface area contributed by atoms with E-state index in [1.165, 1.54) is 13.1 Å². The fourth-order valence-corrected chi connectivity index (χ4v) is 3.90. The molecule has 0 bridgehead atoms. The molecule has 0 spiro atoms. The molecule has 17 heavy (non-hydrogen) atoms.